The van der Waals surface area contributed by atoms with E-state index < -0.39 is 6.10 Å². The van der Waals surface area contributed by atoms with Crippen LogP contribution in [-0.4, -0.2) is 16.6 Å². The Morgan fingerprint density at radius 3 is 2.95 bits per heavy atom. The van der Waals surface area contributed by atoms with E-state index in [1.807, 2.05) is 42.6 Å². The maximum Gasteiger partial charge on any atom is 0.0762 e. The van der Waals surface area contributed by atoms with Crippen molar-refractivity contribution in [2.45, 2.75) is 28.7 Å². The maximum atomic E-state index is 9.65. The summed E-state index contributed by atoms with van der Waals surface area (Å²) in [5, 5.41) is 9.65. The molecule has 1 aliphatic rings. The lowest BCUT2D eigenvalue weighted by atomic mass is 10.0. The van der Waals surface area contributed by atoms with Crippen LogP contribution >= 0.6 is 23.5 Å². The SMILES string of the molecule is CC(O)c1cccc(SCC2CSc3ccccc32)c1. The number of fused-ring (bicyclic) bond motifs is 1. The second-order valence-corrected chi connectivity index (χ2v) is 7.26. The first kappa shape index (κ1) is 14.1. The molecule has 1 aliphatic heterocycles. The highest BCUT2D eigenvalue weighted by Gasteiger charge is 2.22. The van der Waals surface area contributed by atoms with Gasteiger partial charge in [-0.2, -0.15) is 0 Å². The van der Waals surface area contributed by atoms with Crippen molar-refractivity contribution in [1.82, 2.24) is 0 Å². The minimum absolute atomic E-state index is 0.390. The van der Waals surface area contributed by atoms with E-state index in [1.165, 1.54) is 21.1 Å². The molecule has 0 spiro atoms. The highest BCUT2D eigenvalue weighted by atomic mass is 32.2. The summed E-state index contributed by atoms with van der Waals surface area (Å²) in [4.78, 5) is 2.69. The van der Waals surface area contributed by atoms with Crippen LogP contribution in [0.5, 0.6) is 0 Å². The van der Waals surface area contributed by atoms with Gasteiger partial charge in [0.05, 0.1) is 6.10 Å². The molecule has 0 saturated carbocycles. The molecule has 0 aliphatic carbocycles. The summed E-state index contributed by atoms with van der Waals surface area (Å²) in [5.41, 5.74) is 2.49. The van der Waals surface area contributed by atoms with Crippen LogP contribution < -0.4 is 0 Å². The molecular weight excluding hydrogens is 284 g/mol. The molecule has 0 fully saturated rings. The summed E-state index contributed by atoms with van der Waals surface area (Å²) in [6.45, 7) is 1.81. The van der Waals surface area contributed by atoms with Crippen LogP contribution in [0, 0.1) is 0 Å². The molecule has 0 radical (unpaired) electrons. The Balaban J connectivity index is 1.67. The molecule has 1 N–H and O–H groups in total. The highest BCUT2D eigenvalue weighted by molar-refractivity contribution is 8.00. The van der Waals surface area contributed by atoms with Gasteiger partial charge in [0.15, 0.2) is 0 Å². The monoisotopic (exact) mass is 302 g/mol. The van der Waals surface area contributed by atoms with Crippen molar-refractivity contribution in [1.29, 1.82) is 0 Å². The number of rotatable bonds is 4. The van der Waals surface area contributed by atoms with E-state index in [0.717, 1.165) is 11.3 Å². The van der Waals surface area contributed by atoms with Crippen LogP contribution in [-0.2, 0) is 0 Å². The molecule has 0 aromatic heterocycles. The van der Waals surface area contributed by atoms with E-state index >= 15 is 0 Å². The first-order valence-corrected chi connectivity index (χ1v) is 8.83. The van der Waals surface area contributed by atoms with Gasteiger partial charge in [0.2, 0.25) is 0 Å². The summed E-state index contributed by atoms with van der Waals surface area (Å²) < 4.78 is 0. The topological polar surface area (TPSA) is 20.2 Å². The van der Waals surface area contributed by atoms with E-state index in [4.69, 9.17) is 0 Å². The van der Waals surface area contributed by atoms with Crippen molar-refractivity contribution >= 4 is 23.5 Å². The van der Waals surface area contributed by atoms with E-state index in [2.05, 4.69) is 36.4 Å². The smallest absolute Gasteiger partial charge is 0.0762 e. The fourth-order valence-corrected chi connectivity index (χ4v) is 4.92. The van der Waals surface area contributed by atoms with E-state index in [1.54, 1.807) is 0 Å². The molecule has 2 aromatic rings. The maximum absolute atomic E-state index is 9.65. The van der Waals surface area contributed by atoms with Gasteiger partial charge in [-0.25, -0.2) is 0 Å². The van der Waals surface area contributed by atoms with Gasteiger partial charge >= 0.3 is 0 Å². The fourth-order valence-electron chi connectivity index (χ4n) is 2.43. The normalized spacial score (nSPS) is 18.8. The molecule has 2 aromatic carbocycles. The number of aliphatic hydroxyl groups excluding tert-OH is 1. The summed E-state index contributed by atoms with van der Waals surface area (Å²) >= 11 is 3.85. The third kappa shape index (κ3) is 3.05. The standard InChI is InChI=1S/C17H18OS2/c1-12(18)13-5-4-6-15(9-13)19-10-14-11-20-17-8-3-2-7-16(14)17/h2-9,12,14,18H,10-11H2,1H3. The van der Waals surface area contributed by atoms with Crippen molar-refractivity contribution in [3.63, 3.8) is 0 Å². The van der Waals surface area contributed by atoms with Crippen LogP contribution in [0.1, 0.15) is 30.1 Å². The van der Waals surface area contributed by atoms with E-state index in [-0.39, 0.29) is 0 Å². The van der Waals surface area contributed by atoms with Gasteiger partial charge in [-0.15, -0.1) is 23.5 Å². The Morgan fingerprint density at radius 2 is 2.10 bits per heavy atom. The lowest BCUT2D eigenvalue weighted by molar-refractivity contribution is 0.199. The first-order valence-electron chi connectivity index (χ1n) is 6.86. The molecule has 0 saturated heterocycles. The van der Waals surface area contributed by atoms with Crippen molar-refractivity contribution in [2.24, 2.45) is 0 Å². The summed E-state index contributed by atoms with van der Waals surface area (Å²) in [6, 6.07) is 17.0. The Kier molecular flexibility index (Phi) is 4.39. The second kappa shape index (κ2) is 6.25. The molecule has 0 amide bonds. The Bertz CT molecular complexity index is 595. The van der Waals surface area contributed by atoms with Crippen LogP contribution in [0.2, 0.25) is 0 Å². The lowest BCUT2D eigenvalue weighted by Gasteiger charge is -2.11. The second-order valence-electron chi connectivity index (χ2n) is 5.11. The van der Waals surface area contributed by atoms with Gasteiger partial charge in [0.25, 0.3) is 0 Å². The molecule has 2 unspecified atom stereocenters. The largest absolute Gasteiger partial charge is 0.389 e. The van der Waals surface area contributed by atoms with Crippen LogP contribution in [0.3, 0.4) is 0 Å². The Morgan fingerprint density at radius 1 is 1.25 bits per heavy atom. The van der Waals surface area contributed by atoms with Gasteiger partial charge < -0.3 is 5.11 Å². The zero-order valence-corrected chi connectivity index (χ0v) is 13.1. The van der Waals surface area contributed by atoms with Crippen molar-refractivity contribution in [3.05, 3.63) is 59.7 Å². The van der Waals surface area contributed by atoms with E-state index in [9.17, 15) is 5.11 Å². The number of thioether (sulfide) groups is 2. The Labute approximate surface area is 128 Å². The summed E-state index contributed by atoms with van der Waals surface area (Å²) in [5.74, 6) is 2.92. The zero-order chi connectivity index (χ0) is 13.9. The molecule has 3 heteroatoms. The van der Waals surface area contributed by atoms with Crippen molar-refractivity contribution in [3.8, 4) is 0 Å². The first-order chi connectivity index (χ1) is 9.74. The quantitative estimate of drug-likeness (QED) is 0.825. The Hall–Kier alpha value is -0.900. The number of aliphatic hydroxyl groups is 1. The van der Waals surface area contributed by atoms with Crippen molar-refractivity contribution < 1.29 is 5.11 Å². The molecule has 3 rings (SSSR count). The van der Waals surface area contributed by atoms with Crippen LogP contribution in [0.25, 0.3) is 0 Å². The van der Waals surface area contributed by atoms with Gasteiger partial charge in [-0.05, 0) is 36.2 Å². The molecule has 20 heavy (non-hydrogen) atoms. The van der Waals surface area contributed by atoms with Gasteiger partial charge in [0.1, 0.15) is 0 Å². The number of hydrogen-bond acceptors (Lipinski definition) is 3. The lowest BCUT2D eigenvalue weighted by Crippen LogP contribution is -2.00. The van der Waals surface area contributed by atoms with E-state index in [0.29, 0.717) is 5.92 Å². The average molecular weight is 302 g/mol. The van der Waals surface area contributed by atoms with Gasteiger partial charge in [-0.1, -0.05) is 30.3 Å². The van der Waals surface area contributed by atoms with Crippen LogP contribution in [0.15, 0.2) is 58.3 Å². The molecule has 104 valence electrons. The minimum Gasteiger partial charge on any atom is -0.389 e. The molecule has 1 heterocycles. The molecule has 0 bridgehead atoms. The fraction of sp³-hybridized carbons (Fsp3) is 0.294. The zero-order valence-electron chi connectivity index (χ0n) is 11.5. The molecule has 2 atom stereocenters. The third-order valence-corrected chi connectivity index (χ3v) is 6.00. The predicted molar refractivity (Wildman–Crippen MR) is 87.7 cm³/mol. The average Bonchev–Trinajstić information content (AvgIpc) is 2.89. The molecule has 1 nitrogen and oxygen atoms in total. The number of hydrogen-bond donors (Lipinski definition) is 1. The van der Waals surface area contributed by atoms with Crippen LogP contribution in [0.4, 0.5) is 0 Å². The predicted octanol–water partition coefficient (Wildman–Crippen LogP) is 4.72. The third-order valence-electron chi connectivity index (χ3n) is 3.59. The van der Waals surface area contributed by atoms with Crippen molar-refractivity contribution in [2.75, 3.05) is 11.5 Å². The summed E-state index contributed by atoms with van der Waals surface area (Å²) in [7, 11) is 0. The summed E-state index contributed by atoms with van der Waals surface area (Å²) in [6.07, 6.45) is -0.390. The highest BCUT2D eigenvalue weighted by Crippen LogP contribution is 2.41. The van der Waals surface area contributed by atoms with Gasteiger partial charge in [0, 0.05) is 27.2 Å². The number of benzene rings is 2. The molecular formula is C17H18OS2. The van der Waals surface area contributed by atoms with Gasteiger partial charge in [-0.3, -0.25) is 0 Å². The minimum atomic E-state index is -0.390.